The zero-order chi connectivity index (χ0) is 17.5. The van der Waals surface area contributed by atoms with Gasteiger partial charge in [-0.15, -0.1) is 0 Å². The van der Waals surface area contributed by atoms with Gasteiger partial charge in [0.15, 0.2) is 16.6 Å². The van der Waals surface area contributed by atoms with Crippen LogP contribution in [0, 0.1) is 5.82 Å². The van der Waals surface area contributed by atoms with Crippen LogP contribution in [0.25, 0.3) is 0 Å². The Hall–Kier alpha value is -2.52. The number of nitrogens with zero attached hydrogens (tertiary/aromatic N) is 3. The summed E-state index contributed by atoms with van der Waals surface area (Å²) in [5, 5.41) is 3.77. The highest BCUT2D eigenvalue weighted by Gasteiger charge is 2.13. The van der Waals surface area contributed by atoms with Crippen LogP contribution in [0.15, 0.2) is 29.5 Å². The number of hydrazone groups is 1. The lowest BCUT2D eigenvalue weighted by molar-refractivity contribution is 0.316. The molecule has 2 aromatic rings. The van der Waals surface area contributed by atoms with Gasteiger partial charge in [0.25, 0.3) is 5.88 Å². The Morgan fingerprint density at radius 3 is 3.00 bits per heavy atom. The summed E-state index contributed by atoms with van der Waals surface area (Å²) in [5.41, 5.74) is 8.40. The molecule has 2 rings (SSSR count). The van der Waals surface area contributed by atoms with Crippen molar-refractivity contribution in [2.75, 3.05) is 6.61 Å². The second-order valence-electron chi connectivity index (χ2n) is 4.27. The van der Waals surface area contributed by atoms with Crippen molar-refractivity contribution in [1.29, 1.82) is 0 Å². The quantitative estimate of drug-likeness (QED) is 0.350. The van der Waals surface area contributed by atoms with Crippen molar-refractivity contribution in [2.45, 2.75) is 6.92 Å². The predicted octanol–water partition coefficient (Wildman–Crippen LogP) is 2.63. The molecule has 0 bridgehead atoms. The molecular formula is C14H13ClFN5O2S. The highest BCUT2D eigenvalue weighted by Crippen LogP contribution is 2.32. The van der Waals surface area contributed by atoms with Gasteiger partial charge in [0.2, 0.25) is 11.1 Å². The summed E-state index contributed by atoms with van der Waals surface area (Å²) in [4.78, 5) is 7.22. The van der Waals surface area contributed by atoms with Crippen molar-refractivity contribution in [3.63, 3.8) is 0 Å². The van der Waals surface area contributed by atoms with Crippen molar-refractivity contribution >= 4 is 35.1 Å². The van der Waals surface area contributed by atoms with Crippen LogP contribution in [0.1, 0.15) is 12.5 Å². The van der Waals surface area contributed by atoms with Crippen LogP contribution in [0.4, 0.5) is 4.39 Å². The van der Waals surface area contributed by atoms with Crippen LogP contribution in [0.3, 0.4) is 0 Å². The molecule has 0 spiro atoms. The third-order valence-electron chi connectivity index (χ3n) is 2.55. The average Bonchev–Trinajstić information content (AvgIpc) is 2.53. The highest BCUT2D eigenvalue weighted by atomic mass is 35.5. The number of aromatic nitrogens is 2. The van der Waals surface area contributed by atoms with Crippen molar-refractivity contribution in [3.05, 3.63) is 41.1 Å². The normalized spacial score (nSPS) is 10.6. The fraction of sp³-hybridized carbons (Fsp3) is 0.143. The average molecular weight is 370 g/mol. The van der Waals surface area contributed by atoms with E-state index in [1.165, 1.54) is 6.21 Å². The van der Waals surface area contributed by atoms with E-state index in [2.05, 4.69) is 32.7 Å². The molecule has 0 fully saturated rings. The fourth-order valence-electron chi connectivity index (χ4n) is 1.63. The first-order chi connectivity index (χ1) is 11.5. The second-order valence-corrected chi connectivity index (χ2v) is 5.05. The van der Waals surface area contributed by atoms with Crippen LogP contribution in [0.2, 0.25) is 5.28 Å². The molecule has 3 N–H and O–H groups in total. The lowest BCUT2D eigenvalue weighted by atomic mass is 10.2. The van der Waals surface area contributed by atoms with E-state index in [0.29, 0.717) is 17.9 Å². The molecule has 1 heterocycles. The number of hydrogen-bond donors (Lipinski definition) is 2. The van der Waals surface area contributed by atoms with E-state index < -0.39 is 5.82 Å². The maximum Gasteiger partial charge on any atom is 0.260 e. The van der Waals surface area contributed by atoms with Crippen LogP contribution in [-0.4, -0.2) is 27.9 Å². The Bertz CT molecular complexity index is 775. The maximum absolute atomic E-state index is 13.7. The number of nitrogens with two attached hydrogens (primary N) is 1. The molecule has 0 unspecified atom stereocenters. The van der Waals surface area contributed by atoms with Crippen molar-refractivity contribution in [2.24, 2.45) is 10.8 Å². The van der Waals surface area contributed by atoms with E-state index in [4.69, 9.17) is 26.8 Å². The second kappa shape index (κ2) is 8.37. The van der Waals surface area contributed by atoms with E-state index in [1.807, 2.05) is 0 Å². The Labute approximate surface area is 147 Å². The van der Waals surface area contributed by atoms with Gasteiger partial charge in [-0.2, -0.15) is 14.5 Å². The number of nitrogens with one attached hydrogen (secondary N) is 1. The largest absolute Gasteiger partial charge is 0.490 e. The minimum Gasteiger partial charge on any atom is -0.490 e. The molecule has 0 aliphatic heterocycles. The summed E-state index contributed by atoms with van der Waals surface area (Å²) in [6.45, 7) is 2.19. The molecule has 0 amide bonds. The monoisotopic (exact) mass is 369 g/mol. The molecule has 0 saturated carbocycles. The zero-order valence-corrected chi connectivity index (χ0v) is 14.1. The number of benzene rings is 1. The van der Waals surface area contributed by atoms with Gasteiger partial charge >= 0.3 is 0 Å². The third-order valence-corrected chi connectivity index (χ3v) is 2.82. The van der Waals surface area contributed by atoms with Gasteiger partial charge in [-0.25, -0.2) is 4.98 Å². The zero-order valence-electron chi connectivity index (χ0n) is 12.5. The Kier molecular flexibility index (Phi) is 6.21. The van der Waals surface area contributed by atoms with Crippen LogP contribution < -0.4 is 20.6 Å². The van der Waals surface area contributed by atoms with Crippen LogP contribution in [-0.2, 0) is 0 Å². The third kappa shape index (κ3) is 5.00. The Morgan fingerprint density at radius 1 is 1.50 bits per heavy atom. The molecule has 1 aromatic carbocycles. The molecule has 0 aliphatic rings. The van der Waals surface area contributed by atoms with Gasteiger partial charge in [0.1, 0.15) is 0 Å². The first-order valence-corrected chi connectivity index (χ1v) is 7.49. The number of ether oxygens (including phenoxy) is 2. The summed E-state index contributed by atoms with van der Waals surface area (Å²) < 4.78 is 24.6. The van der Waals surface area contributed by atoms with Gasteiger partial charge in [-0.05, 0) is 54.5 Å². The first kappa shape index (κ1) is 17.8. The molecule has 24 heavy (non-hydrogen) atoms. The van der Waals surface area contributed by atoms with Crippen LogP contribution >= 0.6 is 23.8 Å². The Morgan fingerprint density at radius 2 is 2.29 bits per heavy atom. The topological polar surface area (TPSA) is 94.7 Å². The van der Waals surface area contributed by atoms with E-state index in [0.717, 1.165) is 6.20 Å². The highest BCUT2D eigenvalue weighted by molar-refractivity contribution is 7.80. The number of hydrogen-bond acceptors (Lipinski definition) is 6. The van der Waals surface area contributed by atoms with E-state index in [1.54, 1.807) is 25.1 Å². The molecule has 7 nitrogen and oxygen atoms in total. The van der Waals surface area contributed by atoms with E-state index in [-0.39, 0.29) is 22.0 Å². The van der Waals surface area contributed by atoms with E-state index >= 15 is 0 Å². The lowest BCUT2D eigenvalue weighted by Gasteiger charge is -2.12. The van der Waals surface area contributed by atoms with Crippen molar-refractivity contribution < 1.29 is 13.9 Å². The summed E-state index contributed by atoms with van der Waals surface area (Å²) in [7, 11) is 0. The summed E-state index contributed by atoms with van der Waals surface area (Å²) >= 11 is 10.3. The van der Waals surface area contributed by atoms with Gasteiger partial charge < -0.3 is 15.2 Å². The summed E-state index contributed by atoms with van der Waals surface area (Å²) in [6, 6.07) is 4.93. The molecule has 0 radical (unpaired) electrons. The maximum atomic E-state index is 13.7. The predicted molar refractivity (Wildman–Crippen MR) is 92.2 cm³/mol. The number of thiocarbonyl (C=S) groups is 1. The molecule has 126 valence electrons. The standard InChI is InChI=1S/C14H13ClFN5O2S/c1-2-22-11-5-8(6-19-21-14(17)24)3-4-10(11)23-12-9(16)7-18-13(15)20-12/h3-7H,2H2,1H3,(H3,17,21,24)/b19-6-. The summed E-state index contributed by atoms with van der Waals surface area (Å²) in [6.07, 6.45) is 2.42. The van der Waals surface area contributed by atoms with Crippen molar-refractivity contribution in [1.82, 2.24) is 15.4 Å². The minimum atomic E-state index is -0.742. The smallest absolute Gasteiger partial charge is 0.260 e. The van der Waals surface area contributed by atoms with Crippen molar-refractivity contribution in [3.8, 4) is 17.4 Å². The lowest BCUT2D eigenvalue weighted by Crippen LogP contribution is -2.23. The minimum absolute atomic E-state index is 0.0485. The molecule has 0 saturated heterocycles. The summed E-state index contributed by atoms with van der Waals surface area (Å²) in [5.74, 6) is -0.392. The first-order valence-electron chi connectivity index (χ1n) is 6.71. The Balaban J connectivity index is 2.27. The fourth-order valence-corrected chi connectivity index (χ4v) is 1.81. The molecule has 1 aromatic heterocycles. The van der Waals surface area contributed by atoms with Gasteiger partial charge in [0, 0.05) is 0 Å². The molecule has 10 heteroatoms. The van der Waals surface area contributed by atoms with Gasteiger partial charge in [-0.1, -0.05) is 0 Å². The van der Waals surface area contributed by atoms with Gasteiger partial charge in [-0.3, -0.25) is 5.43 Å². The van der Waals surface area contributed by atoms with E-state index in [9.17, 15) is 4.39 Å². The SMILES string of the molecule is CCOc1cc(/C=N\NC(N)=S)ccc1Oc1nc(Cl)ncc1F. The van der Waals surface area contributed by atoms with Crippen LogP contribution in [0.5, 0.6) is 17.4 Å². The number of rotatable bonds is 6. The molecule has 0 atom stereocenters. The molecular weight excluding hydrogens is 357 g/mol. The molecule has 0 aliphatic carbocycles. The van der Waals surface area contributed by atoms with Gasteiger partial charge in [0.05, 0.1) is 19.0 Å². The number of halogens is 2.